The molecule has 0 radical (unpaired) electrons. The lowest BCUT2D eigenvalue weighted by atomic mass is 9.97. The van der Waals surface area contributed by atoms with Crippen molar-refractivity contribution in [2.45, 2.75) is 37.5 Å². The number of pyridine rings is 1. The Morgan fingerprint density at radius 1 is 1.21 bits per heavy atom. The van der Waals surface area contributed by atoms with E-state index in [0.717, 1.165) is 45.1 Å². The number of halogens is 1. The minimum absolute atomic E-state index is 0.0189. The van der Waals surface area contributed by atoms with E-state index in [-0.39, 0.29) is 16.1 Å². The van der Waals surface area contributed by atoms with Gasteiger partial charge in [-0.1, -0.05) is 6.07 Å². The molecule has 2 aromatic rings. The van der Waals surface area contributed by atoms with Gasteiger partial charge in [0.05, 0.1) is 16.8 Å². The van der Waals surface area contributed by atoms with Crippen LogP contribution >= 0.6 is 0 Å². The van der Waals surface area contributed by atoms with Crippen LogP contribution in [0.1, 0.15) is 41.6 Å². The number of hydrogen-bond acceptors (Lipinski definition) is 6. The number of carboxylic acids is 1. The van der Waals surface area contributed by atoms with Gasteiger partial charge in [-0.2, -0.15) is 0 Å². The van der Waals surface area contributed by atoms with Gasteiger partial charge in [-0.05, 0) is 75.4 Å². The van der Waals surface area contributed by atoms with E-state index in [9.17, 15) is 22.7 Å². The monoisotopic (exact) mass is 476 g/mol. The van der Waals surface area contributed by atoms with Gasteiger partial charge >= 0.3 is 5.97 Å². The lowest BCUT2D eigenvalue weighted by Gasteiger charge is -2.36. The Kier molecular flexibility index (Phi) is 6.85. The minimum Gasteiger partial charge on any atom is -0.478 e. The number of piperidine rings is 1. The molecule has 0 aliphatic carbocycles. The number of carbonyl (C=O) groups is 1. The number of aromatic carboxylic acids is 1. The highest BCUT2D eigenvalue weighted by Gasteiger charge is 2.27. The average molecular weight is 477 g/mol. The molecular weight excluding hydrogens is 447 g/mol. The third-order valence-corrected chi connectivity index (χ3v) is 7.85. The van der Waals surface area contributed by atoms with E-state index in [2.05, 4.69) is 14.6 Å². The first-order valence-electron chi connectivity index (χ1n) is 11.2. The number of anilines is 2. The molecule has 10 heteroatoms. The first-order valence-corrected chi connectivity index (χ1v) is 12.7. The molecule has 0 bridgehead atoms. The van der Waals surface area contributed by atoms with Crippen molar-refractivity contribution in [1.82, 2.24) is 9.88 Å². The Labute approximate surface area is 193 Å². The molecule has 2 N–H and O–H groups in total. The van der Waals surface area contributed by atoms with E-state index in [4.69, 9.17) is 0 Å². The van der Waals surface area contributed by atoms with E-state index in [1.165, 1.54) is 37.2 Å². The number of sulfonamides is 1. The van der Waals surface area contributed by atoms with Crippen molar-refractivity contribution in [1.29, 1.82) is 0 Å². The second-order valence-electron chi connectivity index (χ2n) is 8.88. The molecular formula is C23H29FN4O4S. The zero-order valence-electron chi connectivity index (χ0n) is 18.6. The predicted octanol–water partition coefficient (Wildman–Crippen LogP) is 3.34. The maximum absolute atomic E-state index is 13.6. The van der Waals surface area contributed by atoms with Gasteiger partial charge in [0.25, 0.3) is 10.0 Å². The van der Waals surface area contributed by atoms with Crippen LogP contribution in [0.25, 0.3) is 0 Å². The number of aromatic nitrogens is 1. The number of nitrogens with one attached hydrogen (secondary N) is 1. The highest BCUT2D eigenvalue weighted by molar-refractivity contribution is 7.92. The number of carboxylic acid groups (broad SMARTS) is 1. The Morgan fingerprint density at radius 3 is 2.70 bits per heavy atom. The number of nitrogens with zero attached hydrogens (tertiary/aromatic N) is 3. The molecule has 0 saturated carbocycles. The molecule has 2 aliphatic rings. The van der Waals surface area contributed by atoms with Crippen LogP contribution in [0.15, 0.2) is 35.4 Å². The summed E-state index contributed by atoms with van der Waals surface area (Å²) in [4.78, 5) is 20.6. The third-order valence-electron chi connectivity index (χ3n) is 6.32. The molecule has 0 spiro atoms. The minimum atomic E-state index is -4.11. The van der Waals surface area contributed by atoms with Crippen LogP contribution in [0, 0.1) is 18.7 Å². The highest BCUT2D eigenvalue weighted by atomic mass is 32.2. The van der Waals surface area contributed by atoms with Crippen molar-refractivity contribution in [3.63, 3.8) is 0 Å². The Hall–Kier alpha value is -2.72. The lowest BCUT2D eigenvalue weighted by Crippen LogP contribution is -2.41. The van der Waals surface area contributed by atoms with Crippen molar-refractivity contribution < 1.29 is 22.7 Å². The van der Waals surface area contributed by atoms with Gasteiger partial charge in [0.1, 0.15) is 17.2 Å². The summed E-state index contributed by atoms with van der Waals surface area (Å²) in [6, 6.07) is 4.78. The van der Waals surface area contributed by atoms with Crippen LogP contribution in [0.3, 0.4) is 0 Å². The van der Waals surface area contributed by atoms with Crippen molar-refractivity contribution in [3.05, 3.63) is 47.4 Å². The summed E-state index contributed by atoms with van der Waals surface area (Å²) in [6.07, 6.45) is 5.83. The summed E-state index contributed by atoms with van der Waals surface area (Å²) in [6.45, 7) is 6.23. The number of likely N-dealkylation sites (tertiary alicyclic amines) is 1. The van der Waals surface area contributed by atoms with E-state index < -0.39 is 21.8 Å². The second-order valence-corrected chi connectivity index (χ2v) is 10.5. The van der Waals surface area contributed by atoms with Gasteiger partial charge < -0.3 is 14.9 Å². The highest BCUT2D eigenvalue weighted by Crippen LogP contribution is 2.29. The van der Waals surface area contributed by atoms with Crippen LogP contribution in [0.4, 0.5) is 15.9 Å². The van der Waals surface area contributed by atoms with E-state index in [1.54, 1.807) is 6.92 Å². The maximum atomic E-state index is 13.6. The number of benzene rings is 1. The zero-order chi connectivity index (χ0) is 23.6. The first kappa shape index (κ1) is 23.4. The smallest absolute Gasteiger partial charge is 0.339 e. The van der Waals surface area contributed by atoms with E-state index in [1.807, 2.05) is 4.90 Å². The normalized spacial score (nSPS) is 19.6. The lowest BCUT2D eigenvalue weighted by molar-refractivity contribution is 0.0697. The summed E-state index contributed by atoms with van der Waals surface area (Å²) in [7, 11) is -4.11. The van der Waals surface area contributed by atoms with Crippen molar-refractivity contribution >= 4 is 27.5 Å². The molecule has 0 amide bonds. The predicted molar refractivity (Wildman–Crippen MR) is 124 cm³/mol. The number of hydrogen-bond donors (Lipinski definition) is 2. The van der Waals surface area contributed by atoms with Crippen LogP contribution in [-0.4, -0.2) is 62.1 Å². The summed E-state index contributed by atoms with van der Waals surface area (Å²) < 4.78 is 41.5. The molecule has 1 unspecified atom stereocenters. The molecule has 2 fully saturated rings. The average Bonchev–Trinajstić information content (AvgIpc) is 3.28. The van der Waals surface area contributed by atoms with Crippen LogP contribution in [0.2, 0.25) is 0 Å². The zero-order valence-corrected chi connectivity index (χ0v) is 19.4. The summed E-state index contributed by atoms with van der Waals surface area (Å²) in [5, 5.41) is 9.81. The van der Waals surface area contributed by atoms with Gasteiger partial charge in [-0.15, -0.1) is 0 Å². The second kappa shape index (κ2) is 9.64. The SMILES string of the molecule is Cc1ccc(F)cc1S(=O)(=O)Nc1cnc(N2CCCC(CN3CCCC3)C2)c(C(=O)O)c1. The van der Waals surface area contributed by atoms with Gasteiger partial charge in [0.15, 0.2) is 0 Å². The molecule has 2 aliphatic heterocycles. The summed E-state index contributed by atoms with van der Waals surface area (Å²) in [5.74, 6) is -1.07. The van der Waals surface area contributed by atoms with Crippen LogP contribution in [-0.2, 0) is 10.0 Å². The van der Waals surface area contributed by atoms with E-state index in [0.29, 0.717) is 23.8 Å². The van der Waals surface area contributed by atoms with E-state index >= 15 is 0 Å². The summed E-state index contributed by atoms with van der Waals surface area (Å²) in [5.41, 5.74) is 0.336. The van der Waals surface area contributed by atoms with Gasteiger partial charge in [0.2, 0.25) is 0 Å². The molecule has 1 aromatic carbocycles. The van der Waals surface area contributed by atoms with Crippen LogP contribution < -0.4 is 9.62 Å². The van der Waals surface area contributed by atoms with Gasteiger partial charge in [0, 0.05) is 19.6 Å². The first-order chi connectivity index (χ1) is 15.7. The number of rotatable bonds is 7. The topological polar surface area (TPSA) is 103 Å². The number of aryl methyl sites for hydroxylation is 1. The molecule has 1 atom stereocenters. The summed E-state index contributed by atoms with van der Waals surface area (Å²) >= 11 is 0. The molecule has 8 nitrogen and oxygen atoms in total. The fourth-order valence-corrected chi connectivity index (χ4v) is 6.02. The molecule has 33 heavy (non-hydrogen) atoms. The fraction of sp³-hybridized carbons (Fsp3) is 0.478. The maximum Gasteiger partial charge on any atom is 0.339 e. The van der Waals surface area contributed by atoms with Crippen LogP contribution in [0.5, 0.6) is 0 Å². The Balaban J connectivity index is 1.55. The largest absolute Gasteiger partial charge is 0.478 e. The standard InChI is InChI=1S/C23H29FN4O4S/c1-16-6-7-18(24)11-21(16)33(31,32)26-19-12-20(23(29)30)22(25-13-19)28-10-4-5-17(15-28)14-27-8-2-3-9-27/h6-7,11-13,17,26H,2-5,8-10,14-15H2,1H3,(H,29,30). The fourth-order valence-electron chi connectivity index (χ4n) is 4.73. The quantitative estimate of drug-likeness (QED) is 0.632. The molecule has 1 aromatic heterocycles. The van der Waals surface area contributed by atoms with Gasteiger partial charge in [-0.3, -0.25) is 4.72 Å². The van der Waals surface area contributed by atoms with Gasteiger partial charge in [-0.25, -0.2) is 22.6 Å². The molecule has 3 heterocycles. The van der Waals surface area contributed by atoms with Crippen molar-refractivity contribution in [3.8, 4) is 0 Å². The third kappa shape index (κ3) is 5.44. The Bertz CT molecular complexity index is 1140. The Morgan fingerprint density at radius 2 is 1.97 bits per heavy atom. The molecule has 4 rings (SSSR count). The molecule has 2 saturated heterocycles. The van der Waals surface area contributed by atoms with Crippen molar-refractivity contribution in [2.24, 2.45) is 5.92 Å². The van der Waals surface area contributed by atoms with Crippen molar-refractivity contribution in [2.75, 3.05) is 42.3 Å². The molecule has 178 valence electrons.